The lowest BCUT2D eigenvalue weighted by molar-refractivity contribution is 0.194. The molecule has 0 radical (unpaired) electrons. The lowest BCUT2D eigenvalue weighted by Gasteiger charge is -2.34. The van der Waals surface area contributed by atoms with Gasteiger partial charge in [0.2, 0.25) is 0 Å². The molecule has 1 unspecified atom stereocenters. The van der Waals surface area contributed by atoms with Gasteiger partial charge in [-0.1, -0.05) is 13.0 Å². The second-order valence-electron chi connectivity index (χ2n) is 5.04. The number of rotatable bonds is 2. The maximum Gasteiger partial charge on any atom is 0.131 e. The summed E-state index contributed by atoms with van der Waals surface area (Å²) in [4.78, 5) is 2.19. The van der Waals surface area contributed by atoms with E-state index in [2.05, 4.69) is 11.8 Å². The average molecular weight is 237 g/mol. The van der Waals surface area contributed by atoms with Crippen molar-refractivity contribution in [3.63, 3.8) is 0 Å². The van der Waals surface area contributed by atoms with E-state index in [4.69, 9.17) is 0 Å². The minimum absolute atomic E-state index is 0.310. The molecule has 1 N–H and O–H groups in total. The summed E-state index contributed by atoms with van der Waals surface area (Å²) < 4.78 is 13.8. The first-order valence-electron chi connectivity index (χ1n) is 6.31. The van der Waals surface area contributed by atoms with Crippen LogP contribution in [-0.2, 0) is 0 Å². The first-order valence-corrected chi connectivity index (χ1v) is 6.31. The summed E-state index contributed by atoms with van der Waals surface area (Å²) in [6, 6.07) is 5.04. The molecule has 2 atom stereocenters. The van der Waals surface area contributed by atoms with Crippen LogP contribution < -0.4 is 4.90 Å². The van der Waals surface area contributed by atoms with Gasteiger partial charge in [0, 0.05) is 24.3 Å². The summed E-state index contributed by atoms with van der Waals surface area (Å²) in [5.74, 6) is 0.324. The van der Waals surface area contributed by atoms with Gasteiger partial charge in [0.1, 0.15) is 5.82 Å². The van der Waals surface area contributed by atoms with Crippen LogP contribution in [-0.4, -0.2) is 18.2 Å². The van der Waals surface area contributed by atoms with Crippen LogP contribution in [0.2, 0.25) is 0 Å². The molecule has 2 nitrogen and oxygen atoms in total. The van der Waals surface area contributed by atoms with Crippen molar-refractivity contribution in [3.8, 4) is 0 Å². The van der Waals surface area contributed by atoms with E-state index in [0.29, 0.717) is 11.5 Å². The Hall–Kier alpha value is -1.09. The molecule has 0 amide bonds. The van der Waals surface area contributed by atoms with Crippen LogP contribution in [0.15, 0.2) is 18.2 Å². The minimum Gasteiger partial charge on any atom is -0.389 e. The summed E-state index contributed by atoms with van der Waals surface area (Å²) in [7, 11) is 0. The van der Waals surface area contributed by atoms with Gasteiger partial charge in [0.15, 0.2) is 0 Å². The second kappa shape index (κ2) is 5.05. The maximum absolute atomic E-state index is 13.8. The van der Waals surface area contributed by atoms with Crippen LogP contribution in [0.25, 0.3) is 0 Å². The number of nitrogens with zero attached hydrogens (tertiary/aromatic N) is 1. The Balaban J connectivity index is 2.34. The summed E-state index contributed by atoms with van der Waals surface area (Å²) in [6.45, 7) is 5.74. The molecule has 0 aliphatic carbocycles. The molecular formula is C14H20FNO. The third-order valence-electron chi connectivity index (χ3n) is 3.45. The van der Waals surface area contributed by atoms with Gasteiger partial charge < -0.3 is 10.0 Å². The molecule has 0 aromatic heterocycles. The number of aliphatic hydroxyl groups excluding tert-OH is 1. The standard InChI is InChI=1S/C14H20FNO/c1-10-5-4-8-16(9-10)13-7-3-6-12(15)14(13)11(2)17/h3,6-7,10-11,17H,4-5,8-9H2,1-2H3/t10?,11-/m1/s1. The Labute approximate surface area is 102 Å². The maximum atomic E-state index is 13.8. The van der Waals surface area contributed by atoms with Crippen LogP contribution in [0.3, 0.4) is 0 Å². The summed E-state index contributed by atoms with van der Waals surface area (Å²) in [6.07, 6.45) is 1.61. The van der Waals surface area contributed by atoms with E-state index in [-0.39, 0.29) is 5.82 Å². The van der Waals surface area contributed by atoms with Gasteiger partial charge >= 0.3 is 0 Å². The van der Waals surface area contributed by atoms with E-state index in [1.807, 2.05) is 6.07 Å². The van der Waals surface area contributed by atoms with E-state index >= 15 is 0 Å². The molecule has 17 heavy (non-hydrogen) atoms. The van der Waals surface area contributed by atoms with Crippen LogP contribution >= 0.6 is 0 Å². The molecule has 0 spiro atoms. The van der Waals surface area contributed by atoms with Gasteiger partial charge in [-0.05, 0) is 37.8 Å². The van der Waals surface area contributed by atoms with Crippen molar-refractivity contribution in [3.05, 3.63) is 29.6 Å². The van der Waals surface area contributed by atoms with Crippen molar-refractivity contribution in [2.24, 2.45) is 5.92 Å². The number of aliphatic hydroxyl groups is 1. The third-order valence-corrected chi connectivity index (χ3v) is 3.45. The number of benzene rings is 1. The van der Waals surface area contributed by atoms with Gasteiger partial charge in [-0.3, -0.25) is 0 Å². The first-order chi connectivity index (χ1) is 8.09. The molecule has 0 saturated carbocycles. The fourth-order valence-electron chi connectivity index (χ4n) is 2.62. The first kappa shape index (κ1) is 12.4. The monoisotopic (exact) mass is 237 g/mol. The molecule has 1 aliphatic rings. The average Bonchev–Trinajstić information content (AvgIpc) is 2.28. The van der Waals surface area contributed by atoms with Crippen LogP contribution in [0.5, 0.6) is 0 Å². The van der Waals surface area contributed by atoms with E-state index in [9.17, 15) is 9.50 Å². The quantitative estimate of drug-likeness (QED) is 0.854. The molecule has 1 heterocycles. The minimum atomic E-state index is -0.761. The Kier molecular flexibility index (Phi) is 3.67. The van der Waals surface area contributed by atoms with E-state index in [0.717, 1.165) is 25.2 Å². The highest BCUT2D eigenvalue weighted by Gasteiger charge is 2.22. The largest absolute Gasteiger partial charge is 0.389 e. The number of hydrogen-bond donors (Lipinski definition) is 1. The highest BCUT2D eigenvalue weighted by Crippen LogP contribution is 2.31. The van der Waals surface area contributed by atoms with Crippen molar-refractivity contribution in [2.75, 3.05) is 18.0 Å². The molecule has 94 valence electrons. The Morgan fingerprint density at radius 3 is 2.88 bits per heavy atom. The van der Waals surface area contributed by atoms with Gasteiger partial charge in [0.25, 0.3) is 0 Å². The Morgan fingerprint density at radius 2 is 2.24 bits per heavy atom. The van der Waals surface area contributed by atoms with Gasteiger partial charge in [-0.25, -0.2) is 4.39 Å². The topological polar surface area (TPSA) is 23.5 Å². The van der Waals surface area contributed by atoms with Gasteiger partial charge in [0.05, 0.1) is 6.10 Å². The Morgan fingerprint density at radius 1 is 1.47 bits per heavy atom. The van der Waals surface area contributed by atoms with Crippen molar-refractivity contribution >= 4 is 5.69 Å². The summed E-state index contributed by atoms with van der Waals surface area (Å²) >= 11 is 0. The SMILES string of the molecule is CC1CCCN(c2cccc(F)c2[C@@H](C)O)C1. The van der Waals surface area contributed by atoms with Crippen LogP contribution in [0, 0.1) is 11.7 Å². The molecular weight excluding hydrogens is 217 g/mol. The zero-order valence-corrected chi connectivity index (χ0v) is 10.5. The van der Waals surface area contributed by atoms with Crippen molar-refractivity contribution in [2.45, 2.75) is 32.8 Å². The molecule has 1 fully saturated rings. The fraction of sp³-hybridized carbons (Fsp3) is 0.571. The van der Waals surface area contributed by atoms with Crippen LogP contribution in [0.4, 0.5) is 10.1 Å². The number of halogens is 1. The zero-order chi connectivity index (χ0) is 12.4. The Bertz CT molecular complexity index is 392. The highest BCUT2D eigenvalue weighted by atomic mass is 19.1. The van der Waals surface area contributed by atoms with Crippen molar-refractivity contribution < 1.29 is 9.50 Å². The predicted molar refractivity (Wildman–Crippen MR) is 67.6 cm³/mol. The highest BCUT2D eigenvalue weighted by molar-refractivity contribution is 5.55. The molecule has 2 rings (SSSR count). The van der Waals surface area contributed by atoms with Crippen molar-refractivity contribution in [1.29, 1.82) is 0 Å². The van der Waals surface area contributed by atoms with E-state index < -0.39 is 6.10 Å². The molecule has 0 bridgehead atoms. The normalized spacial score (nSPS) is 22.6. The predicted octanol–water partition coefficient (Wildman–Crippen LogP) is 3.12. The molecule has 1 aromatic carbocycles. The molecule has 1 saturated heterocycles. The summed E-state index contributed by atoms with van der Waals surface area (Å²) in [5.41, 5.74) is 1.29. The lowest BCUT2D eigenvalue weighted by Crippen LogP contribution is -2.35. The van der Waals surface area contributed by atoms with E-state index in [1.165, 1.54) is 12.5 Å². The molecule has 1 aliphatic heterocycles. The zero-order valence-electron chi connectivity index (χ0n) is 10.5. The molecule has 1 aromatic rings. The fourth-order valence-corrected chi connectivity index (χ4v) is 2.62. The van der Waals surface area contributed by atoms with Gasteiger partial charge in [-0.2, -0.15) is 0 Å². The number of hydrogen-bond acceptors (Lipinski definition) is 2. The molecule has 3 heteroatoms. The van der Waals surface area contributed by atoms with E-state index in [1.54, 1.807) is 13.0 Å². The van der Waals surface area contributed by atoms with Crippen molar-refractivity contribution in [1.82, 2.24) is 0 Å². The van der Waals surface area contributed by atoms with Crippen LogP contribution in [0.1, 0.15) is 38.4 Å². The smallest absolute Gasteiger partial charge is 0.131 e. The number of anilines is 1. The lowest BCUT2D eigenvalue weighted by atomic mass is 9.98. The third kappa shape index (κ3) is 2.60. The van der Waals surface area contributed by atoms with Gasteiger partial charge in [-0.15, -0.1) is 0 Å². The number of piperidine rings is 1. The second-order valence-corrected chi connectivity index (χ2v) is 5.04. The summed E-state index contributed by atoms with van der Waals surface area (Å²) in [5, 5.41) is 9.72.